The second kappa shape index (κ2) is 4.86. The van der Waals surface area contributed by atoms with Crippen LogP contribution in [0.2, 0.25) is 0 Å². The molecule has 0 unspecified atom stereocenters. The predicted octanol–water partition coefficient (Wildman–Crippen LogP) is 4.54. The van der Waals surface area contributed by atoms with Crippen molar-refractivity contribution >= 4 is 32.5 Å². The van der Waals surface area contributed by atoms with Crippen LogP contribution in [0.1, 0.15) is 5.56 Å². The fourth-order valence-corrected chi connectivity index (χ4v) is 2.50. The molecule has 0 aliphatic heterocycles. The Balaban J connectivity index is 1.83. The molecule has 0 bridgehead atoms. The summed E-state index contributed by atoms with van der Waals surface area (Å²) in [6, 6.07) is 16.7. The van der Waals surface area contributed by atoms with E-state index in [1.807, 2.05) is 18.3 Å². The Labute approximate surface area is 114 Å². The topological polar surface area (TPSA) is 27.8 Å². The van der Waals surface area contributed by atoms with E-state index in [-0.39, 0.29) is 0 Å². The maximum absolute atomic E-state index is 3.48. The van der Waals surface area contributed by atoms with Crippen molar-refractivity contribution in [1.29, 1.82) is 0 Å². The molecule has 18 heavy (non-hydrogen) atoms. The van der Waals surface area contributed by atoms with Gasteiger partial charge in [0.1, 0.15) is 0 Å². The van der Waals surface area contributed by atoms with Gasteiger partial charge < -0.3 is 10.3 Å². The number of benzene rings is 2. The number of fused-ring (bicyclic) bond motifs is 1. The Morgan fingerprint density at radius 1 is 1.06 bits per heavy atom. The minimum atomic E-state index is 0.825. The average molecular weight is 301 g/mol. The number of halogens is 1. The molecule has 0 aliphatic rings. The number of rotatable bonds is 3. The van der Waals surface area contributed by atoms with E-state index < -0.39 is 0 Å². The van der Waals surface area contributed by atoms with E-state index in [1.165, 1.54) is 16.5 Å². The number of anilines is 1. The maximum atomic E-state index is 3.48. The molecule has 0 radical (unpaired) electrons. The molecule has 2 nitrogen and oxygen atoms in total. The number of hydrogen-bond donors (Lipinski definition) is 2. The summed E-state index contributed by atoms with van der Waals surface area (Å²) in [7, 11) is 0. The van der Waals surface area contributed by atoms with Crippen molar-refractivity contribution in [2.45, 2.75) is 6.54 Å². The summed E-state index contributed by atoms with van der Waals surface area (Å²) in [5.74, 6) is 0. The molecule has 3 aromatic rings. The van der Waals surface area contributed by atoms with Gasteiger partial charge in [-0.05, 0) is 35.9 Å². The van der Waals surface area contributed by atoms with E-state index >= 15 is 0 Å². The van der Waals surface area contributed by atoms with Crippen molar-refractivity contribution in [3.8, 4) is 0 Å². The van der Waals surface area contributed by atoms with Crippen LogP contribution in [-0.2, 0) is 6.54 Å². The zero-order chi connectivity index (χ0) is 12.4. The van der Waals surface area contributed by atoms with Crippen LogP contribution < -0.4 is 5.32 Å². The van der Waals surface area contributed by atoms with Gasteiger partial charge in [0.05, 0.1) is 0 Å². The number of hydrogen-bond acceptors (Lipinski definition) is 1. The van der Waals surface area contributed by atoms with Crippen LogP contribution in [0.15, 0.2) is 59.2 Å². The Hall–Kier alpha value is -1.74. The van der Waals surface area contributed by atoms with Crippen LogP contribution in [0.3, 0.4) is 0 Å². The van der Waals surface area contributed by atoms with E-state index in [4.69, 9.17) is 0 Å². The second-order valence-electron chi connectivity index (χ2n) is 4.22. The highest BCUT2D eigenvalue weighted by Gasteiger charge is 2.01. The van der Waals surface area contributed by atoms with Crippen molar-refractivity contribution in [3.05, 3.63) is 64.8 Å². The Morgan fingerprint density at radius 3 is 2.83 bits per heavy atom. The summed E-state index contributed by atoms with van der Waals surface area (Å²) in [6.07, 6.45) is 1.98. The van der Waals surface area contributed by atoms with E-state index in [9.17, 15) is 0 Å². The lowest BCUT2D eigenvalue weighted by Crippen LogP contribution is -1.99. The third kappa shape index (κ3) is 2.27. The summed E-state index contributed by atoms with van der Waals surface area (Å²) in [6.45, 7) is 0.825. The lowest BCUT2D eigenvalue weighted by atomic mass is 10.1. The fourth-order valence-electron chi connectivity index (χ4n) is 2.10. The van der Waals surface area contributed by atoms with E-state index in [1.54, 1.807) is 0 Å². The highest BCUT2D eigenvalue weighted by atomic mass is 79.9. The average Bonchev–Trinajstić information content (AvgIpc) is 2.85. The summed E-state index contributed by atoms with van der Waals surface area (Å²) >= 11 is 3.48. The lowest BCUT2D eigenvalue weighted by molar-refractivity contribution is 1.17. The zero-order valence-corrected chi connectivity index (χ0v) is 11.4. The largest absolute Gasteiger partial charge is 0.381 e. The van der Waals surface area contributed by atoms with Crippen molar-refractivity contribution < 1.29 is 0 Å². The number of H-pyrrole nitrogens is 1. The molecular weight excluding hydrogens is 288 g/mol. The first-order valence-corrected chi connectivity index (χ1v) is 6.67. The van der Waals surface area contributed by atoms with Gasteiger partial charge >= 0.3 is 0 Å². The standard InChI is InChI=1S/C15H13BrN2/c16-12-4-2-5-13(9-12)18-10-11-3-1-6-15-14(11)7-8-17-15/h1-9,17-18H,10H2. The minimum Gasteiger partial charge on any atom is -0.381 e. The summed E-state index contributed by atoms with van der Waals surface area (Å²) in [5, 5.41) is 4.72. The van der Waals surface area contributed by atoms with Crippen LogP contribution in [0.5, 0.6) is 0 Å². The molecule has 90 valence electrons. The highest BCUT2D eigenvalue weighted by molar-refractivity contribution is 9.10. The monoisotopic (exact) mass is 300 g/mol. The molecule has 3 heteroatoms. The molecule has 0 fully saturated rings. The number of aromatic amines is 1. The summed E-state index contributed by atoms with van der Waals surface area (Å²) in [5.41, 5.74) is 3.61. The van der Waals surface area contributed by atoms with Gasteiger partial charge in [-0.15, -0.1) is 0 Å². The van der Waals surface area contributed by atoms with Crippen LogP contribution in [0.4, 0.5) is 5.69 Å². The first-order chi connectivity index (χ1) is 8.83. The van der Waals surface area contributed by atoms with Crippen LogP contribution in [-0.4, -0.2) is 4.98 Å². The molecule has 0 amide bonds. The minimum absolute atomic E-state index is 0.825. The molecule has 1 heterocycles. The molecule has 3 rings (SSSR count). The highest BCUT2D eigenvalue weighted by Crippen LogP contribution is 2.20. The number of nitrogens with one attached hydrogen (secondary N) is 2. The van der Waals surface area contributed by atoms with Gasteiger partial charge in [-0.25, -0.2) is 0 Å². The van der Waals surface area contributed by atoms with Crippen molar-refractivity contribution in [2.75, 3.05) is 5.32 Å². The van der Waals surface area contributed by atoms with Gasteiger partial charge in [0, 0.05) is 33.8 Å². The molecule has 0 saturated carbocycles. The second-order valence-corrected chi connectivity index (χ2v) is 5.14. The van der Waals surface area contributed by atoms with E-state index in [2.05, 4.69) is 62.6 Å². The predicted molar refractivity (Wildman–Crippen MR) is 79.8 cm³/mol. The maximum Gasteiger partial charge on any atom is 0.0457 e. The molecule has 2 N–H and O–H groups in total. The van der Waals surface area contributed by atoms with E-state index in [0.29, 0.717) is 0 Å². The zero-order valence-electron chi connectivity index (χ0n) is 9.78. The van der Waals surface area contributed by atoms with Crippen molar-refractivity contribution in [1.82, 2.24) is 4.98 Å². The molecule has 0 spiro atoms. The fraction of sp³-hybridized carbons (Fsp3) is 0.0667. The molecule has 2 aromatic carbocycles. The first-order valence-electron chi connectivity index (χ1n) is 5.87. The van der Waals surface area contributed by atoms with Gasteiger partial charge in [0.15, 0.2) is 0 Å². The Morgan fingerprint density at radius 2 is 1.94 bits per heavy atom. The molecule has 1 aromatic heterocycles. The third-order valence-electron chi connectivity index (χ3n) is 2.99. The molecule has 0 aliphatic carbocycles. The van der Waals surface area contributed by atoms with Gasteiger partial charge in [-0.1, -0.05) is 34.1 Å². The van der Waals surface area contributed by atoms with Crippen LogP contribution >= 0.6 is 15.9 Å². The SMILES string of the molecule is Brc1cccc(NCc2cccc3[nH]ccc23)c1. The molecular formula is C15H13BrN2. The van der Waals surface area contributed by atoms with Gasteiger partial charge in [-0.3, -0.25) is 0 Å². The van der Waals surface area contributed by atoms with E-state index in [0.717, 1.165) is 16.7 Å². The Kier molecular flexibility index (Phi) is 3.07. The molecule has 0 saturated heterocycles. The van der Waals surface area contributed by atoms with Crippen molar-refractivity contribution in [3.63, 3.8) is 0 Å². The summed E-state index contributed by atoms with van der Waals surface area (Å²) < 4.78 is 1.09. The lowest BCUT2D eigenvalue weighted by Gasteiger charge is -2.08. The Bertz CT molecular complexity index is 673. The normalized spacial score (nSPS) is 10.7. The quantitative estimate of drug-likeness (QED) is 0.730. The van der Waals surface area contributed by atoms with Gasteiger partial charge in [0.25, 0.3) is 0 Å². The summed E-state index contributed by atoms with van der Waals surface area (Å²) in [4.78, 5) is 3.23. The van der Waals surface area contributed by atoms with Gasteiger partial charge in [0.2, 0.25) is 0 Å². The smallest absolute Gasteiger partial charge is 0.0457 e. The molecule has 0 atom stereocenters. The van der Waals surface area contributed by atoms with Gasteiger partial charge in [-0.2, -0.15) is 0 Å². The first kappa shape index (κ1) is 11.4. The van der Waals surface area contributed by atoms with Crippen LogP contribution in [0, 0.1) is 0 Å². The number of aromatic nitrogens is 1. The van der Waals surface area contributed by atoms with Crippen LogP contribution in [0.25, 0.3) is 10.9 Å². The van der Waals surface area contributed by atoms with Crippen molar-refractivity contribution in [2.24, 2.45) is 0 Å². The third-order valence-corrected chi connectivity index (χ3v) is 3.49.